The van der Waals surface area contributed by atoms with E-state index in [0.29, 0.717) is 0 Å². The van der Waals surface area contributed by atoms with Gasteiger partial charge in [0.05, 0.1) is 0 Å². The van der Waals surface area contributed by atoms with Crippen molar-refractivity contribution in [2.24, 2.45) is 0 Å². The SMILES string of the molecule is CCCNC(Cc1ncccc1C)c1cc(C)ccc1Br. The topological polar surface area (TPSA) is 24.9 Å². The Morgan fingerprint density at radius 2 is 2.05 bits per heavy atom. The molecular formula is C18H23BrN2. The summed E-state index contributed by atoms with van der Waals surface area (Å²) in [4.78, 5) is 4.55. The van der Waals surface area contributed by atoms with Gasteiger partial charge in [-0.25, -0.2) is 0 Å². The molecule has 0 fully saturated rings. The fourth-order valence-corrected chi connectivity index (χ4v) is 2.99. The van der Waals surface area contributed by atoms with Crippen LogP contribution in [-0.4, -0.2) is 11.5 Å². The van der Waals surface area contributed by atoms with Gasteiger partial charge in [0.25, 0.3) is 0 Å². The van der Waals surface area contributed by atoms with Gasteiger partial charge in [0, 0.05) is 28.8 Å². The summed E-state index contributed by atoms with van der Waals surface area (Å²) < 4.78 is 1.16. The second kappa shape index (κ2) is 7.71. The highest BCUT2D eigenvalue weighted by Crippen LogP contribution is 2.27. The first kappa shape index (κ1) is 16.2. The van der Waals surface area contributed by atoms with Crippen LogP contribution in [-0.2, 0) is 6.42 Å². The zero-order valence-corrected chi connectivity index (χ0v) is 14.6. The molecule has 0 spiro atoms. The molecule has 112 valence electrons. The van der Waals surface area contributed by atoms with Gasteiger partial charge in [-0.15, -0.1) is 0 Å². The minimum absolute atomic E-state index is 0.285. The van der Waals surface area contributed by atoms with Crippen LogP contribution in [0.3, 0.4) is 0 Å². The average molecular weight is 347 g/mol. The number of rotatable bonds is 6. The first-order chi connectivity index (χ1) is 10.1. The lowest BCUT2D eigenvalue weighted by atomic mass is 9.98. The van der Waals surface area contributed by atoms with Crippen LogP contribution in [0.2, 0.25) is 0 Å². The molecule has 0 radical (unpaired) electrons. The van der Waals surface area contributed by atoms with Gasteiger partial charge in [-0.1, -0.05) is 46.6 Å². The number of halogens is 1. The van der Waals surface area contributed by atoms with Crippen molar-refractivity contribution in [3.05, 3.63) is 63.4 Å². The highest BCUT2D eigenvalue weighted by molar-refractivity contribution is 9.10. The van der Waals surface area contributed by atoms with Crippen molar-refractivity contribution in [2.45, 2.75) is 39.7 Å². The lowest BCUT2D eigenvalue weighted by Gasteiger charge is -2.21. The number of hydrogen-bond donors (Lipinski definition) is 1. The zero-order valence-electron chi connectivity index (χ0n) is 13.0. The molecule has 0 aliphatic heterocycles. The van der Waals surface area contributed by atoms with E-state index in [1.165, 1.54) is 22.4 Å². The third-order valence-corrected chi connectivity index (χ3v) is 4.41. The van der Waals surface area contributed by atoms with Crippen LogP contribution in [0.15, 0.2) is 41.0 Å². The van der Waals surface area contributed by atoms with Gasteiger partial charge in [-0.05, 0) is 50.1 Å². The Kier molecular flexibility index (Phi) is 5.95. The molecule has 21 heavy (non-hydrogen) atoms. The molecule has 1 heterocycles. The van der Waals surface area contributed by atoms with Gasteiger partial charge in [0.15, 0.2) is 0 Å². The summed E-state index contributed by atoms with van der Waals surface area (Å²) in [5, 5.41) is 3.66. The fourth-order valence-electron chi connectivity index (χ4n) is 2.47. The van der Waals surface area contributed by atoms with Gasteiger partial charge in [0.2, 0.25) is 0 Å². The van der Waals surface area contributed by atoms with Crippen LogP contribution >= 0.6 is 15.9 Å². The summed E-state index contributed by atoms with van der Waals surface area (Å²) >= 11 is 3.69. The van der Waals surface area contributed by atoms with Crippen molar-refractivity contribution in [3.8, 4) is 0 Å². The number of benzene rings is 1. The molecule has 1 aromatic heterocycles. The molecule has 0 aliphatic carbocycles. The van der Waals surface area contributed by atoms with E-state index >= 15 is 0 Å². The van der Waals surface area contributed by atoms with E-state index in [4.69, 9.17) is 0 Å². The summed E-state index contributed by atoms with van der Waals surface area (Å²) in [6.07, 6.45) is 3.92. The number of aryl methyl sites for hydroxylation is 2. The maximum absolute atomic E-state index is 4.55. The molecular weight excluding hydrogens is 324 g/mol. The van der Waals surface area contributed by atoms with E-state index in [0.717, 1.165) is 23.9 Å². The minimum atomic E-state index is 0.285. The van der Waals surface area contributed by atoms with E-state index in [2.05, 4.69) is 71.3 Å². The van der Waals surface area contributed by atoms with Crippen LogP contribution < -0.4 is 5.32 Å². The average Bonchev–Trinajstić information content (AvgIpc) is 2.48. The summed E-state index contributed by atoms with van der Waals surface area (Å²) in [6, 6.07) is 10.9. The Labute approximate surface area is 136 Å². The van der Waals surface area contributed by atoms with Crippen molar-refractivity contribution in [3.63, 3.8) is 0 Å². The van der Waals surface area contributed by atoms with Gasteiger partial charge < -0.3 is 5.32 Å². The van der Waals surface area contributed by atoms with E-state index in [9.17, 15) is 0 Å². The Morgan fingerprint density at radius 1 is 1.24 bits per heavy atom. The van der Waals surface area contributed by atoms with E-state index in [1.54, 1.807) is 0 Å². The maximum atomic E-state index is 4.55. The molecule has 2 aromatic rings. The summed E-state index contributed by atoms with van der Waals surface area (Å²) in [5.41, 5.74) is 5.02. The molecule has 0 aliphatic rings. The Morgan fingerprint density at radius 3 is 2.76 bits per heavy atom. The molecule has 2 nitrogen and oxygen atoms in total. The van der Waals surface area contributed by atoms with Crippen LogP contribution in [0.4, 0.5) is 0 Å². The number of hydrogen-bond acceptors (Lipinski definition) is 2. The second-order valence-electron chi connectivity index (χ2n) is 5.50. The Bertz CT molecular complexity index is 596. The first-order valence-electron chi connectivity index (χ1n) is 7.51. The number of pyridine rings is 1. The zero-order chi connectivity index (χ0) is 15.2. The van der Waals surface area contributed by atoms with Crippen LogP contribution in [0.25, 0.3) is 0 Å². The van der Waals surface area contributed by atoms with Crippen LogP contribution in [0.1, 0.15) is 41.8 Å². The monoisotopic (exact) mass is 346 g/mol. The molecule has 0 saturated carbocycles. The molecule has 2 rings (SSSR count). The van der Waals surface area contributed by atoms with Gasteiger partial charge >= 0.3 is 0 Å². The quantitative estimate of drug-likeness (QED) is 0.816. The normalized spacial score (nSPS) is 12.4. The standard InChI is InChI=1S/C18H23BrN2/c1-4-9-20-18(12-17-14(3)6-5-10-21-17)15-11-13(2)7-8-16(15)19/h5-8,10-11,18,20H,4,9,12H2,1-3H3. The Balaban J connectivity index is 2.30. The predicted octanol–water partition coefficient (Wildman–Crippen LogP) is 4.74. The lowest BCUT2D eigenvalue weighted by molar-refractivity contribution is 0.521. The minimum Gasteiger partial charge on any atom is -0.310 e. The van der Waals surface area contributed by atoms with Gasteiger partial charge in [0.1, 0.15) is 0 Å². The molecule has 3 heteroatoms. The number of nitrogens with one attached hydrogen (secondary N) is 1. The molecule has 1 atom stereocenters. The van der Waals surface area contributed by atoms with Gasteiger partial charge in [-0.3, -0.25) is 4.98 Å². The van der Waals surface area contributed by atoms with E-state index in [1.807, 2.05) is 12.3 Å². The van der Waals surface area contributed by atoms with Crippen molar-refractivity contribution in [1.29, 1.82) is 0 Å². The van der Waals surface area contributed by atoms with Crippen molar-refractivity contribution in [2.75, 3.05) is 6.54 Å². The van der Waals surface area contributed by atoms with E-state index < -0.39 is 0 Å². The fraction of sp³-hybridized carbons (Fsp3) is 0.389. The van der Waals surface area contributed by atoms with Gasteiger partial charge in [-0.2, -0.15) is 0 Å². The number of aromatic nitrogens is 1. The summed E-state index contributed by atoms with van der Waals surface area (Å²) in [7, 11) is 0. The maximum Gasteiger partial charge on any atom is 0.0451 e. The van der Waals surface area contributed by atoms with Crippen molar-refractivity contribution < 1.29 is 0 Å². The second-order valence-corrected chi connectivity index (χ2v) is 6.36. The Hall–Kier alpha value is -1.19. The van der Waals surface area contributed by atoms with E-state index in [-0.39, 0.29) is 6.04 Å². The largest absolute Gasteiger partial charge is 0.310 e. The first-order valence-corrected chi connectivity index (χ1v) is 8.31. The highest BCUT2D eigenvalue weighted by atomic mass is 79.9. The molecule has 0 bridgehead atoms. The molecule has 1 N–H and O–H groups in total. The smallest absolute Gasteiger partial charge is 0.0451 e. The predicted molar refractivity (Wildman–Crippen MR) is 92.6 cm³/mol. The van der Waals surface area contributed by atoms with Crippen molar-refractivity contribution >= 4 is 15.9 Å². The summed E-state index contributed by atoms with van der Waals surface area (Å²) in [5.74, 6) is 0. The summed E-state index contributed by atoms with van der Waals surface area (Å²) in [6.45, 7) is 7.47. The highest BCUT2D eigenvalue weighted by Gasteiger charge is 2.16. The third-order valence-electron chi connectivity index (χ3n) is 3.68. The molecule has 0 amide bonds. The lowest BCUT2D eigenvalue weighted by Crippen LogP contribution is -2.25. The van der Waals surface area contributed by atoms with Crippen LogP contribution in [0.5, 0.6) is 0 Å². The molecule has 1 aromatic carbocycles. The molecule has 1 unspecified atom stereocenters. The number of nitrogens with zero attached hydrogens (tertiary/aromatic N) is 1. The third kappa shape index (κ3) is 4.39. The van der Waals surface area contributed by atoms with Crippen molar-refractivity contribution in [1.82, 2.24) is 10.3 Å². The van der Waals surface area contributed by atoms with Crippen LogP contribution in [0, 0.1) is 13.8 Å². The molecule has 0 saturated heterocycles.